The zero-order valence-electron chi connectivity index (χ0n) is 15.5. The van der Waals surface area contributed by atoms with Crippen molar-refractivity contribution in [2.24, 2.45) is 0 Å². The van der Waals surface area contributed by atoms with Gasteiger partial charge in [-0.3, -0.25) is 4.79 Å². The van der Waals surface area contributed by atoms with Crippen LogP contribution < -0.4 is 5.32 Å². The second-order valence-corrected chi connectivity index (χ2v) is 6.77. The summed E-state index contributed by atoms with van der Waals surface area (Å²) in [5.41, 5.74) is 3.87. The van der Waals surface area contributed by atoms with Crippen LogP contribution in [0.5, 0.6) is 0 Å². The normalized spacial score (nSPS) is 12.0. The predicted molar refractivity (Wildman–Crippen MR) is 112 cm³/mol. The number of nitrogens with zero attached hydrogens (tertiary/aromatic N) is 1. The van der Waals surface area contributed by atoms with Gasteiger partial charge in [0.1, 0.15) is 6.54 Å². The van der Waals surface area contributed by atoms with Crippen LogP contribution in [0.25, 0.3) is 22.2 Å². The summed E-state index contributed by atoms with van der Waals surface area (Å²) in [6, 6.07) is 29.6. The van der Waals surface area contributed by atoms with Gasteiger partial charge in [0.15, 0.2) is 0 Å². The van der Waals surface area contributed by atoms with Crippen LogP contribution in [-0.4, -0.2) is 22.1 Å². The average molecular weight is 370 g/mol. The Bertz CT molecular complexity index is 1070. The molecule has 1 amide bonds. The molecule has 0 bridgehead atoms. The molecule has 0 saturated carbocycles. The number of benzene rings is 3. The van der Waals surface area contributed by atoms with Crippen LogP contribution in [0.1, 0.15) is 11.7 Å². The number of hydrogen-bond donors (Lipinski definition) is 2. The Labute approximate surface area is 164 Å². The first-order valence-corrected chi connectivity index (χ1v) is 9.36. The minimum absolute atomic E-state index is 0.131. The first-order valence-electron chi connectivity index (χ1n) is 9.36. The fraction of sp³-hybridized carbons (Fsp3) is 0.125. The summed E-state index contributed by atoms with van der Waals surface area (Å²) in [4.78, 5) is 12.6. The number of aromatic nitrogens is 1. The van der Waals surface area contributed by atoms with Crippen LogP contribution in [0.3, 0.4) is 0 Å². The van der Waals surface area contributed by atoms with Gasteiger partial charge in [0.25, 0.3) is 0 Å². The van der Waals surface area contributed by atoms with Gasteiger partial charge in [-0.25, -0.2) is 0 Å². The van der Waals surface area contributed by atoms with Gasteiger partial charge in [-0.05, 0) is 23.3 Å². The minimum Gasteiger partial charge on any atom is -0.387 e. The van der Waals surface area contributed by atoms with Crippen molar-refractivity contribution in [3.63, 3.8) is 0 Å². The lowest BCUT2D eigenvalue weighted by Gasteiger charge is -2.14. The largest absolute Gasteiger partial charge is 0.387 e. The number of fused-ring (bicyclic) bond motifs is 1. The molecule has 4 rings (SSSR count). The quantitative estimate of drug-likeness (QED) is 0.535. The first kappa shape index (κ1) is 18.0. The Morgan fingerprint density at radius 1 is 0.893 bits per heavy atom. The number of aliphatic hydroxyl groups is 1. The highest BCUT2D eigenvalue weighted by molar-refractivity contribution is 5.89. The summed E-state index contributed by atoms with van der Waals surface area (Å²) in [6.07, 6.45) is -0.722. The van der Waals surface area contributed by atoms with Crippen LogP contribution in [0.15, 0.2) is 91.0 Å². The van der Waals surface area contributed by atoms with E-state index in [-0.39, 0.29) is 19.0 Å². The Hall–Kier alpha value is -3.37. The van der Waals surface area contributed by atoms with Crippen LogP contribution in [-0.2, 0) is 11.3 Å². The molecule has 1 aromatic heterocycles. The van der Waals surface area contributed by atoms with Crippen molar-refractivity contribution in [1.29, 1.82) is 0 Å². The van der Waals surface area contributed by atoms with Crippen molar-refractivity contribution in [1.82, 2.24) is 9.88 Å². The number of carbonyl (C=O) groups is 1. The third-order valence-electron chi connectivity index (χ3n) is 4.86. The third-order valence-corrected chi connectivity index (χ3v) is 4.86. The fourth-order valence-corrected chi connectivity index (χ4v) is 3.43. The molecule has 0 fully saturated rings. The molecule has 0 spiro atoms. The number of para-hydroxylation sites is 1. The maximum atomic E-state index is 12.6. The van der Waals surface area contributed by atoms with Crippen LogP contribution in [0.2, 0.25) is 0 Å². The maximum Gasteiger partial charge on any atom is 0.240 e. The molecule has 1 atom stereocenters. The molecule has 0 saturated heterocycles. The highest BCUT2D eigenvalue weighted by Crippen LogP contribution is 2.28. The Kier molecular flexibility index (Phi) is 5.22. The maximum absolute atomic E-state index is 12.6. The number of hydrogen-bond acceptors (Lipinski definition) is 2. The second-order valence-electron chi connectivity index (χ2n) is 6.77. The molecule has 0 radical (unpaired) electrons. The number of aliphatic hydroxyl groups excluding tert-OH is 1. The molecule has 28 heavy (non-hydrogen) atoms. The molecule has 140 valence electrons. The van der Waals surface area contributed by atoms with E-state index >= 15 is 0 Å². The molecule has 0 aliphatic heterocycles. The number of amides is 1. The van der Waals surface area contributed by atoms with Gasteiger partial charge in [-0.2, -0.15) is 0 Å². The Balaban J connectivity index is 1.54. The van der Waals surface area contributed by atoms with Crippen molar-refractivity contribution >= 4 is 16.8 Å². The lowest BCUT2D eigenvalue weighted by Crippen LogP contribution is -2.31. The topological polar surface area (TPSA) is 54.3 Å². The molecular formula is C24H22N2O2. The van der Waals surface area contributed by atoms with E-state index < -0.39 is 6.10 Å². The summed E-state index contributed by atoms with van der Waals surface area (Å²) in [7, 11) is 0. The van der Waals surface area contributed by atoms with Crippen LogP contribution in [0.4, 0.5) is 0 Å². The highest BCUT2D eigenvalue weighted by Gasteiger charge is 2.14. The SMILES string of the molecule is O=C(Cn1c(-c2ccccc2)cc2ccccc21)NCC(O)c1ccccc1. The monoisotopic (exact) mass is 370 g/mol. The van der Waals surface area contributed by atoms with Gasteiger partial charge in [-0.15, -0.1) is 0 Å². The molecule has 1 unspecified atom stereocenters. The summed E-state index contributed by atoms with van der Waals surface area (Å²) < 4.78 is 2.02. The van der Waals surface area contributed by atoms with E-state index in [4.69, 9.17) is 0 Å². The summed E-state index contributed by atoms with van der Waals surface area (Å²) in [6.45, 7) is 0.377. The van der Waals surface area contributed by atoms with Crippen molar-refractivity contribution in [3.8, 4) is 11.3 Å². The smallest absolute Gasteiger partial charge is 0.240 e. The van der Waals surface area contributed by atoms with Gasteiger partial charge >= 0.3 is 0 Å². The Morgan fingerprint density at radius 3 is 2.29 bits per heavy atom. The number of carbonyl (C=O) groups excluding carboxylic acids is 1. The van der Waals surface area contributed by atoms with Crippen LogP contribution >= 0.6 is 0 Å². The summed E-state index contributed by atoms with van der Waals surface area (Å²) in [5, 5.41) is 14.2. The lowest BCUT2D eigenvalue weighted by molar-refractivity contribution is -0.122. The van der Waals surface area contributed by atoms with E-state index in [2.05, 4.69) is 17.4 Å². The van der Waals surface area contributed by atoms with E-state index in [9.17, 15) is 9.90 Å². The standard InChI is InChI=1S/C24H22N2O2/c27-23(19-11-5-2-6-12-19)16-25-24(28)17-26-21-14-8-7-13-20(21)15-22(26)18-9-3-1-4-10-18/h1-15,23,27H,16-17H2,(H,25,28). The van der Waals surface area contributed by atoms with Gasteiger partial charge in [0.2, 0.25) is 5.91 Å². The van der Waals surface area contributed by atoms with Crippen molar-refractivity contribution in [2.45, 2.75) is 12.6 Å². The van der Waals surface area contributed by atoms with E-state index in [1.807, 2.05) is 83.4 Å². The number of nitrogens with one attached hydrogen (secondary N) is 1. The zero-order chi connectivity index (χ0) is 19.3. The van der Waals surface area contributed by atoms with Gasteiger partial charge < -0.3 is 15.0 Å². The molecule has 1 heterocycles. The van der Waals surface area contributed by atoms with Gasteiger partial charge in [0.05, 0.1) is 6.10 Å². The Morgan fingerprint density at radius 2 is 1.54 bits per heavy atom. The molecule has 4 heteroatoms. The van der Waals surface area contributed by atoms with E-state index in [0.29, 0.717) is 0 Å². The summed E-state index contributed by atoms with van der Waals surface area (Å²) >= 11 is 0. The summed E-state index contributed by atoms with van der Waals surface area (Å²) in [5.74, 6) is -0.131. The molecule has 3 aromatic carbocycles. The molecule has 2 N–H and O–H groups in total. The molecule has 0 aliphatic carbocycles. The van der Waals surface area contributed by atoms with Crippen LogP contribution in [0, 0.1) is 0 Å². The molecule has 4 aromatic rings. The fourth-order valence-electron chi connectivity index (χ4n) is 3.43. The third kappa shape index (κ3) is 3.82. The second kappa shape index (κ2) is 8.11. The average Bonchev–Trinajstić information content (AvgIpc) is 3.12. The van der Waals surface area contributed by atoms with Crippen molar-refractivity contribution in [3.05, 3.63) is 96.6 Å². The first-order chi connectivity index (χ1) is 13.7. The predicted octanol–water partition coefficient (Wildman–Crippen LogP) is 4.16. The molecular weight excluding hydrogens is 348 g/mol. The van der Waals surface area contributed by atoms with E-state index in [0.717, 1.165) is 27.7 Å². The van der Waals surface area contributed by atoms with Gasteiger partial charge in [0, 0.05) is 23.1 Å². The van der Waals surface area contributed by atoms with E-state index in [1.165, 1.54) is 0 Å². The molecule has 4 nitrogen and oxygen atoms in total. The minimum atomic E-state index is -0.722. The molecule has 0 aliphatic rings. The van der Waals surface area contributed by atoms with Crippen molar-refractivity contribution < 1.29 is 9.90 Å². The van der Waals surface area contributed by atoms with Gasteiger partial charge in [-0.1, -0.05) is 78.9 Å². The zero-order valence-corrected chi connectivity index (χ0v) is 15.5. The lowest BCUT2D eigenvalue weighted by atomic mass is 10.1. The van der Waals surface area contributed by atoms with Crippen molar-refractivity contribution in [2.75, 3.05) is 6.54 Å². The highest BCUT2D eigenvalue weighted by atomic mass is 16.3. The number of rotatable bonds is 6. The van der Waals surface area contributed by atoms with E-state index in [1.54, 1.807) is 0 Å².